The Morgan fingerprint density at radius 2 is 1.67 bits per heavy atom. The predicted molar refractivity (Wildman–Crippen MR) is 95.0 cm³/mol. The molecule has 1 aromatic heterocycles. The van der Waals surface area contributed by atoms with Crippen molar-refractivity contribution in [2.45, 2.75) is 19.8 Å². The molecule has 3 nitrogen and oxygen atoms in total. The van der Waals surface area contributed by atoms with Crippen LogP contribution in [0.2, 0.25) is 0 Å². The van der Waals surface area contributed by atoms with Crippen LogP contribution in [-0.2, 0) is 12.8 Å². The minimum Gasteiger partial charge on any atom is -0.316 e. The molecule has 0 radical (unpaired) electrons. The number of rotatable bonds is 7. The Morgan fingerprint density at radius 3 is 2.42 bits per heavy atom. The topological polar surface area (TPSA) is 29.9 Å². The summed E-state index contributed by atoms with van der Waals surface area (Å²) >= 11 is 0. The van der Waals surface area contributed by atoms with E-state index in [1.807, 2.05) is 19.2 Å². The Hall–Kier alpha value is -2.46. The molecule has 0 amide bonds. The average molecular weight is 323 g/mol. The lowest BCUT2D eigenvalue weighted by molar-refractivity contribution is 0.626. The van der Waals surface area contributed by atoms with E-state index in [4.69, 9.17) is 0 Å². The molecule has 2 aromatic carbocycles. The minimum atomic E-state index is -0.222. The molecule has 0 aliphatic carbocycles. The fraction of sp³-hybridized carbons (Fsp3) is 0.250. The van der Waals surface area contributed by atoms with Gasteiger partial charge in [-0.1, -0.05) is 30.3 Å². The van der Waals surface area contributed by atoms with Gasteiger partial charge in [-0.05, 0) is 49.7 Å². The number of aryl methyl sites for hydroxylation is 1. The van der Waals surface area contributed by atoms with Crippen LogP contribution in [-0.4, -0.2) is 22.6 Å². The first-order valence-corrected chi connectivity index (χ1v) is 8.28. The molecule has 0 aliphatic heterocycles. The van der Waals surface area contributed by atoms with Crippen LogP contribution in [0.1, 0.15) is 17.1 Å². The van der Waals surface area contributed by atoms with Gasteiger partial charge in [-0.3, -0.25) is 0 Å². The van der Waals surface area contributed by atoms with Gasteiger partial charge in [0.15, 0.2) is 0 Å². The first kappa shape index (κ1) is 16.4. The summed E-state index contributed by atoms with van der Waals surface area (Å²) in [5.74, 6) is 0.770. The molecule has 0 saturated heterocycles. The van der Waals surface area contributed by atoms with E-state index in [1.165, 1.54) is 17.7 Å². The van der Waals surface area contributed by atoms with E-state index in [-0.39, 0.29) is 5.82 Å². The van der Waals surface area contributed by atoms with E-state index in [0.717, 1.165) is 43.1 Å². The van der Waals surface area contributed by atoms with Crippen molar-refractivity contribution >= 4 is 0 Å². The summed E-state index contributed by atoms with van der Waals surface area (Å²) in [6.45, 7) is 3.83. The molecule has 24 heavy (non-hydrogen) atoms. The molecule has 0 saturated carbocycles. The fourth-order valence-electron chi connectivity index (χ4n) is 2.81. The van der Waals surface area contributed by atoms with E-state index in [2.05, 4.69) is 39.1 Å². The normalized spacial score (nSPS) is 10.9. The van der Waals surface area contributed by atoms with Crippen LogP contribution in [0.15, 0.2) is 60.8 Å². The summed E-state index contributed by atoms with van der Waals surface area (Å²) in [4.78, 5) is 4.50. The van der Waals surface area contributed by atoms with E-state index in [9.17, 15) is 4.39 Å². The molecule has 3 rings (SSSR count). The third-order valence-electron chi connectivity index (χ3n) is 4.05. The van der Waals surface area contributed by atoms with Crippen LogP contribution in [0.5, 0.6) is 0 Å². The van der Waals surface area contributed by atoms with Crippen LogP contribution in [0, 0.1) is 12.7 Å². The summed E-state index contributed by atoms with van der Waals surface area (Å²) in [7, 11) is 0. The predicted octanol–water partition coefficient (Wildman–Crippen LogP) is 3.69. The molecule has 124 valence electrons. The molecule has 3 aromatic rings. The number of nitrogens with one attached hydrogen (secondary N) is 1. The molecule has 0 spiro atoms. The minimum absolute atomic E-state index is 0.222. The van der Waals surface area contributed by atoms with Gasteiger partial charge in [0.1, 0.15) is 11.6 Å². The molecule has 0 unspecified atom stereocenters. The van der Waals surface area contributed by atoms with Gasteiger partial charge in [-0.25, -0.2) is 9.37 Å². The summed E-state index contributed by atoms with van der Waals surface area (Å²) in [5, 5.41) is 3.47. The lowest BCUT2D eigenvalue weighted by Gasteiger charge is -2.11. The highest BCUT2D eigenvalue weighted by atomic mass is 19.1. The van der Waals surface area contributed by atoms with Gasteiger partial charge < -0.3 is 9.88 Å². The zero-order chi connectivity index (χ0) is 16.8. The zero-order valence-electron chi connectivity index (χ0n) is 13.9. The SMILES string of the molecule is Cc1cnc(CCNCCc2ccccc2)n1-c1ccc(F)cc1. The maximum atomic E-state index is 13.1. The lowest BCUT2D eigenvalue weighted by Crippen LogP contribution is -2.21. The molecule has 1 heterocycles. The standard InChI is InChI=1S/C20H22FN3/c1-16-15-23-20(24(16)19-9-7-18(21)8-10-19)12-14-22-13-11-17-5-3-2-4-6-17/h2-10,15,22H,11-14H2,1H3. The summed E-state index contributed by atoms with van der Waals surface area (Å²) in [6, 6.07) is 17.0. The van der Waals surface area contributed by atoms with E-state index < -0.39 is 0 Å². The summed E-state index contributed by atoms with van der Waals surface area (Å²) < 4.78 is 15.2. The molecule has 0 aliphatic rings. The van der Waals surface area contributed by atoms with E-state index in [1.54, 1.807) is 12.1 Å². The van der Waals surface area contributed by atoms with Gasteiger partial charge in [0, 0.05) is 30.5 Å². The highest BCUT2D eigenvalue weighted by Gasteiger charge is 2.08. The average Bonchev–Trinajstić information content (AvgIpc) is 2.97. The van der Waals surface area contributed by atoms with E-state index in [0.29, 0.717) is 0 Å². The lowest BCUT2D eigenvalue weighted by atomic mass is 10.1. The number of nitrogens with zero attached hydrogens (tertiary/aromatic N) is 2. The molecular formula is C20H22FN3. The van der Waals surface area contributed by atoms with Crippen molar-refractivity contribution in [3.8, 4) is 5.69 Å². The monoisotopic (exact) mass is 323 g/mol. The van der Waals surface area contributed by atoms with Gasteiger partial charge >= 0.3 is 0 Å². The van der Waals surface area contributed by atoms with Crippen molar-refractivity contribution in [1.82, 2.24) is 14.9 Å². The van der Waals surface area contributed by atoms with Crippen molar-refractivity contribution in [3.05, 3.63) is 83.7 Å². The first-order valence-electron chi connectivity index (χ1n) is 8.28. The maximum Gasteiger partial charge on any atom is 0.123 e. The third-order valence-corrected chi connectivity index (χ3v) is 4.05. The second-order valence-electron chi connectivity index (χ2n) is 5.86. The van der Waals surface area contributed by atoms with Crippen molar-refractivity contribution < 1.29 is 4.39 Å². The Morgan fingerprint density at radius 1 is 0.958 bits per heavy atom. The summed E-state index contributed by atoms with van der Waals surface area (Å²) in [6.07, 6.45) is 3.72. The Bertz CT molecular complexity index is 763. The van der Waals surface area contributed by atoms with Crippen LogP contribution in [0.4, 0.5) is 4.39 Å². The van der Waals surface area contributed by atoms with Gasteiger partial charge in [0.2, 0.25) is 0 Å². The Balaban J connectivity index is 1.55. The highest BCUT2D eigenvalue weighted by Crippen LogP contribution is 2.15. The van der Waals surface area contributed by atoms with Crippen molar-refractivity contribution in [3.63, 3.8) is 0 Å². The number of halogens is 1. The maximum absolute atomic E-state index is 13.1. The number of imidazole rings is 1. The first-order chi connectivity index (χ1) is 11.7. The smallest absolute Gasteiger partial charge is 0.123 e. The third kappa shape index (κ3) is 4.09. The van der Waals surface area contributed by atoms with Crippen molar-refractivity contribution in [2.75, 3.05) is 13.1 Å². The van der Waals surface area contributed by atoms with Crippen LogP contribution < -0.4 is 5.32 Å². The highest BCUT2D eigenvalue weighted by molar-refractivity contribution is 5.35. The van der Waals surface area contributed by atoms with Gasteiger partial charge in [0.05, 0.1) is 0 Å². The number of hydrogen-bond acceptors (Lipinski definition) is 2. The molecule has 1 N–H and O–H groups in total. The molecule has 0 bridgehead atoms. The second kappa shape index (κ2) is 7.88. The Kier molecular flexibility index (Phi) is 5.39. The van der Waals surface area contributed by atoms with Crippen LogP contribution >= 0.6 is 0 Å². The molecule has 0 atom stereocenters. The quantitative estimate of drug-likeness (QED) is 0.672. The number of hydrogen-bond donors (Lipinski definition) is 1. The van der Waals surface area contributed by atoms with E-state index >= 15 is 0 Å². The number of aromatic nitrogens is 2. The zero-order valence-corrected chi connectivity index (χ0v) is 13.9. The van der Waals surface area contributed by atoms with Gasteiger partial charge in [-0.2, -0.15) is 0 Å². The van der Waals surface area contributed by atoms with Crippen LogP contribution in [0.3, 0.4) is 0 Å². The molecule has 0 fully saturated rings. The molecular weight excluding hydrogens is 301 g/mol. The molecule has 4 heteroatoms. The fourth-order valence-corrected chi connectivity index (χ4v) is 2.81. The largest absolute Gasteiger partial charge is 0.316 e. The second-order valence-corrected chi connectivity index (χ2v) is 5.86. The van der Waals surface area contributed by atoms with Gasteiger partial charge in [0.25, 0.3) is 0 Å². The summed E-state index contributed by atoms with van der Waals surface area (Å²) in [5.41, 5.74) is 3.35. The van der Waals surface area contributed by atoms with Gasteiger partial charge in [-0.15, -0.1) is 0 Å². The van der Waals surface area contributed by atoms with Crippen molar-refractivity contribution in [1.29, 1.82) is 0 Å². The van der Waals surface area contributed by atoms with Crippen molar-refractivity contribution in [2.24, 2.45) is 0 Å². The van der Waals surface area contributed by atoms with Crippen LogP contribution in [0.25, 0.3) is 5.69 Å². The number of benzene rings is 2. The Labute approximate surface area is 142 Å².